The maximum Gasteiger partial charge on any atom is 0.196 e. The molecule has 1 aliphatic carbocycles. The summed E-state index contributed by atoms with van der Waals surface area (Å²) in [5.41, 5.74) is 1.25. The van der Waals surface area contributed by atoms with Crippen molar-refractivity contribution in [2.45, 2.75) is 65.1 Å². The molecule has 0 aliphatic heterocycles. The molecule has 1 aromatic rings. The first-order chi connectivity index (χ1) is 10.3. The Labute approximate surface area is 129 Å². The monoisotopic (exact) mass is 289 g/mol. The van der Waals surface area contributed by atoms with Gasteiger partial charge in [0.05, 0.1) is 12.4 Å². The largest absolute Gasteiger partial charge is 0.467 e. The van der Waals surface area contributed by atoms with Crippen LogP contribution in [0.2, 0.25) is 0 Å². The number of ether oxygens (including phenoxy) is 2. The van der Waals surface area contributed by atoms with Crippen LogP contribution in [0.1, 0.15) is 64.4 Å². The van der Waals surface area contributed by atoms with Gasteiger partial charge in [0.1, 0.15) is 0 Å². The van der Waals surface area contributed by atoms with Crippen LogP contribution in [0.4, 0.5) is 0 Å². The second-order valence-electron chi connectivity index (χ2n) is 6.03. The van der Waals surface area contributed by atoms with E-state index >= 15 is 0 Å². The third kappa shape index (κ3) is 6.01. The van der Waals surface area contributed by atoms with E-state index in [9.17, 15) is 0 Å². The van der Waals surface area contributed by atoms with Gasteiger partial charge in [-0.2, -0.15) is 24.1 Å². The quantitative estimate of drug-likeness (QED) is 0.474. The van der Waals surface area contributed by atoms with Crippen LogP contribution in [0.15, 0.2) is 24.3 Å². The number of rotatable bonds is 8. The third-order valence-corrected chi connectivity index (χ3v) is 4.23. The predicted octanol–water partition coefficient (Wildman–Crippen LogP) is 5.36. The van der Waals surface area contributed by atoms with E-state index in [1.165, 1.54) is 44.1 Å². The summed E-state index contributed by atoms with van der Waals surface area (Å²) < 4.78 is 11.6. The minimum absolute atomic E-state index is 0.172. The zero-order chi connectivity index (χ0) is 14.9. The fraction of sp³-hybridized carbons (Fsp3) is 0.632. The normalized spacial score (nSPS) is 17.4. The highest BCUT2D eigenvalue weighted by Crippen LogP contribution is 2.26. The lowest BCUT2D eigenvalue weighted by molar-refractivity contribution is -0.0711. The topological polar surface area (TPSA) is 18.5 Å². The molecular weight excluding hydrogens is 260 g/mol. The van der Waals surface area contributed by atoms with Crippen molar-refractivity contribution in [3.05, 3.63) is 36.2 Å². The van der Waals surface area contributed by atoms with E-state index in [-0.39, 0.29) is 6.29 Å². The first kappa shape index (κ1) is 16.2. The van der Waals surface area contributed by atoms with Crippen LogP contribution in [-0.4, -0.2) is 12.9 Å². The molecule has 2 rings (SSSR count). The molecule has 1 unspecified atom stereocenters. The highest BCUT2D eigenvalue weighted by atomic mass is 16.7. The minimum Gasteiger partial charge on any atom is -0.467 e. The molecule has 1 aliphatic rings. The van der Waals surface area contributed by atoms with E-state index in [0.29, 0.717) is 0 Å². The van der Waals surface area contributed by atoms with E-state index in [1.807, 2.05) is 19.1 Å². The van der Waals surface area contributed by atoms with E-state index in [4.69, 9.17) is 9.47 Å². The fourth-order valence-corrected chi connectivity index (χ4v) is 3.02. The predicted molar refractivity (Wildman–Crippen MR) is 87.4 cm³/mol. The van der Waals surface area contributed by atoms with Crippen LogP contribution in [0.5, 0.6) is 5.75 Å². The van der Waals surface area contributed by atoms with Gasteiger partial charge in [0.2, 0.25) is 0 Å². The van der Waals surface area contributed by atoms with Gasteiger partial charge in [-0.1, -0.05) is 57.6 Å². The maximum absolute atomic E-state index is 5.80. The molecule has 1 aromatic carbocycles. The zero-order valence-electron chi connectivity index (χ0n) is 13.5. The van der Waals surface area contributed by atoms with Crippen LogP contribution < -0.4 is 4.74 Å². The Kier molecular flexibility index (Phi) is 6.94. The molecule has 0 bridgehead atoms. The molecule has 0 spiro atoms. The fourth-order valence-electron chi connectivity index (χ4n) is 3.02. The van der Waals surface area contributed by atoms with Gasteiger partial charge >= 0.3 is 0 Å². The molecule has 2 nitrogen and oxygen atoms in total. The number of benzene rings is 1. The van der Waals surface area contributed by atoms with Crippen molar-refractivity contribution < 1.29 is 9.47 Å². The van der Waals surface area contributed by atoms with Crippen molar-refractivity contribution >= 4 is 0 Å². The number of hydrogen-bond acceptors (Lipinski definition) is 2. The summed E-state index contributed by atoms with van der Waals surface area (Å²) in [6.07, 6.45) is 11.3. The standard InChI is InChI=1S/C19H29O2/c1-3-7-17-10-12-19(13-11-17)21-16(2)20-15-14-18-8-5-4-6-9-18/h7,10-13,16,18H,3-6,8-9,14-15H2,1-2H3/q-1. The summed E-state index contributed by atoms with van der Waals surface area (Å²) in [6, 6.07) is 8.21. The SMILES string of the molecule is CC[CH-]c1ccc(OC(C)OCCC2CCCCC2)cc1. The minimum atomic E-state index is -0.172. The second-order valence-corrected chi connectivity index (χ2v) is 6.03. The highest BCUT2D eigenvalue weighted by molar-refractivity contribution is 5.31. The van der Waals surface area contributed by atoms with Gasteiger partial charge in [-0.15, -0.1) is 0 Å². The number of hydrogen-bond donors (Lipinski definition) is 0. The van der Waals surface area contributed by atoms with Crippen molar-refractivity contribution in [3.8, 4) is 5.75 Å². The summed E-state index contributed by atoms with van der Waals surface area (Å²) in [4.78, 5) is 0. The zero-order valence-corrected chi connectivity index (χ0v) is 13.5. The smallest absolute Gasteiger partial charge is 0.196 e. The molecule has 118 valence electrons. The van der Waals surface area contributed by atoms with Crippen LogP contribution in [0.3, 0.4) is 0 Å². The molecule has 1 saturated carbocycles. The summed E-state index contributed by atoms with van der Waals surface area (Å²) in [7, 11) is 0. The molecule has 21 heavy (non-hydrogen) atoms. The Morgan fingerprint density at radius 2 is 1.86 bits per heavy atom. The highest BCUT2D eigenvalue weighted by Gasteiger charge is 2.13. The van der Waals surface area contributed by atoms with E-state index < -0.39 is 0 Å². The van der Waals surface area contributed by atoms with Gasteiger partial charge in [-0.25, -0.2) is 0 Å². The van der Waals surface area contributed by atoms with E-state index in [1.54, 1.807) is 0 Å². The lowest BCUT2D eigenvalue weighted by atomic mass is 9.87. The van der Waals surface area contributed by atoms with Gasteiger partial charge in [-0.3, -0.25) is 0 Å². The lowest BCUT2D eigenvalue weighted by Gasteiger charge is -2.22. The van der Waals surface area contributed by atoms with Gasteiger partial charge in [0.15, 0.2) is 6.29 Å². The van der Waals surface area contributed by atoms with Crippen LogP contribution >= 0.6 is 0 Å². The molecule has 0 saturated heterocycles. The molecule has 1 atom stereocenters. The van der Waals surface area contributed by atoms with Crippen molar-refractivity contribution in [1.29, 1.82) is 0 Å². The first-order valence-corrected chi connectivity index (χ1v) is 8.49. The van der Waals surface area contributed by atoms with Crippen LogP contribution in [0.25, 0.3) is 0 Å². The van der Waals surface area contributed by atoms with E-state index in [0.717, 1.165) is 24.7 Å². The average Bonchev–Trinajstić information content (AvgIpc) is 2.51. The third-order valence-electron chi connectivity index (χ3n) is 4.23. The molecular formula is C19H29O2-. The lowest BCUT2D eigenvalue weighted by Crippen LogP contribution is -2.19. The molecule has 2 heteroatoms. The Balaban J connectivity index is 1.65. The average molecular weight is 289 g/mol. The first-order valence-electron chi connectivity index (χ1n) is 8.49. The van der Waals surface area contributed by atoms with Gasteiger partial charge in [0.25, 0.3) is 0 Å². The van der Waals surface area contributed by atoms with Crippen molar-refractivity contribution in [3.63, 3.8) is 0 Å². The van der Waals surface area contributed by atoms with Crippen LogP contribution in [0, 0.1) is 12.3 Å². The second kappa shape index (κ2) is 8.99. The summed E-state index contributed by atoms with van der Waals surface area (Å²) in [6.45, 7) is 4.94. The summed E-state index contributed by atoms with van der Waals surface area (Å²) in [5.74, 6) is 1.75. The maximum atomic E-state index is 5.80. The summed E-state index contributed by atoms with van der Waals surface area (Å²) >= 11 is 0. The van der Waals surface area contributed by atoms with Gasteiger partial charge in [0, 0.05) is 0 Å². The van der Waals surface area contributed by atoms with Gasteiger partial charge < -0.3 is 9.47 Å². The summed E-state index contributed by atoms with van der Waals surface area (Å²) in [5, 5.41) is 0. The molecule has 0 N–H and O–H groups in total. The molecule has 0 aromatic heterocycles. The van der Waals surface area contributed by atoms with Crippen molar-refractivity contribution in [2.24, 2.45) is 5.92 Å². The van der Waals surface area contributed by atoms with Crippen molar-refractivity contribution in [1.82, 2.24) is 0 Å². The Morgan fingerprint density at radius 1 is 1.14 bits per heavy atom. The molecule has 0 radical (unpaired) electrons. The molecule has 1 fully saturated rings. The molecule has 0 heterocycles. The molecule has 0 amide bonds. The Hall–Kier alpha value is -1.15. The van der Waals surface area contributed by atoms with E-state index in [2.05, 4.69) is 25.5 Å². The Bertz CT molecular complexity index is 379. The van der Waals surface area contributed by atoms with Gasteiger partial charge in [-0.05, 0) is 19.3 Å². The Morgan fingerprint density at radius 3 is 2.52 bits per heavy atom. The van der Waals surface area contributed by atoms with Crippen molar-refractivity contribution in [2.75, 3.05) is 6.61 Å². The van der Waals surface area contributed by atoms with Crippen LogP contribution in [-0.2, 0) is 4.74 Å².